The first-order chi connectivity index (χ1) is 27.3. The summed E-state index contributed by atoms with van der Waals surface area (Å²) in [5.41, 5.74) is 16.2. The van der Waals surface area contributed by atoms with Gasteiger partial charge in [0, 0.05) is 45.0 Å². The Hall–Kier alpha value is -6.32. The predicted octanol–water partition coefficient (Wildman–Crippen LogP) is 13.4. The summed E-state index contributed by atoms with van der Waals surface area (Å²) in [6.45, 7) is 9.49. The smallest absolute Gasteiger partial charge is 0.134 e. The van der Waals surface area contributed by atoms with E-state index >= 15 is 0 Å². The van der Waals surface area contributed by atoms with E-state index in [1.165, 1.54) is 55.4 Å². The first-order valence-electron chi connectivity index (χ1n) is 20.0. The van der Waals surface area contributed by atoms with Gasteiger partial charge in [-0.15, -0.1) is 0 Å². The maximum absolute atomic E-state index is 6.90. The molecule has 0 saturated heterocycles. The van der Waals surface area contributed by atoms with E-state index in [4.69, 9.17) is 4.74 Å². The van der Waals surface area contributed by atoms with Crippen molar-refractivity contribution < 1.29 is 4.74 Å². The van der Waals surface area contributed by atoms with Gasteiger partial charge in [0.25, 0.3) is 0 Å². The molecule has 3 atom stereocenters. The van der Waals surface area contributed by atoms with Gasteiger partial charge in [0.15, 0.2) is 0 Å². The Bertz CT molecular complexity index is 2850. The van der Waals surface area contributed by atoms with E-state index in [0.29, 0.717) is 5.92 Å². The molecular formula is C53H44N2O. The molecule has 11 rings (SSSR count). The lowest BCUT2D eigenvalue weighted by Gasteiger charge is -2.36. The summed E-state index contributed by atoms with van der Waals surface area (Å²) in [7, 11) is 0. The van der Waals surface area contributed by atoms with Crippen LogP contribution in [0.3, 0.4) is 0 Å². The van der Waals surface area contributed by atoms with Crippen LogP contribution in [0.25, 0.3) is 44.2 Å². The van der Waals surface area contributed by atoms with Crippen molar-refractivity contribution in [1.82, 2.24) is 4.57 Å². The molecule has 0 radical (unpaired) electrons. The summed E-state index contributed by atoms with van der Waals surface area (Å²) < 4.78 is 9.33. The fourth-order valence-corrected chi connectivity index (χ4v) is 10.2. The molecule has 56 heavy (non-hydrogen) atoms. The normalized spacial score (nSPS) is 21.4. The summed E-state index contributed by atoms with van der Waals surface area (Å²) in [4.78, 5) is 2.53. The van der Waals surface area contributed by atoms with Crippen LogP contribution in [-0.4, -0.2) is 10.7 Å². The summed E-state index contributed by atoms with van der Waals surface area (Å²) in [6, 6.07) is 51.3. The Balaban J connectivity index is 1.14. The van der Waals surface area contributed by atoms with Crippen LogP contribution in [0.4, 0.5) is 11.4 Å². The van der Waals surface area contributed by atoms with E-state index in [1.54, 1.807) is 0 Å². The number of ether oxygens (including phenoxy) is 1. The maximum atomic E-state index is 6.90. The minimum atomic E-state index is -0.201. The lowest BCUT2D eigenvalue weighted by atomic mass is 9.76. The zero-order chi connectivity index (χ0) is 37.8. The zero-order valence-electron chi connectivity index (χ0n) is 32.3. The first kappa shape index (κ1) is 33.1. The molecule has 7 aromatic rings. The number of allylic oxidation sites excluding steroid dienone is 6. The molecule has 3 heteroatoms. The van der Waals surface area contributed by atoms with Crippen LogP contribution in [0.1, 0.15) is 50.8 Å². The van der Waals surface area contributed by atoms with Crippen molar-refractivity contribution in [3.63, 3.8) is 0 Å². The van der Waals surface area contributed by atoms with Crippen LogP contribution in [0.5, 0.6) is 5.75 Å². The van der Waals surface area contributed by atoms with Gasteiger partial charge >= 0.3 is 0 Å². The van der Waals surface area contributed by atoms with Crippen molar-refractivity contribution in [2.24, 2.45) is 5.92 Å². The number of para-hydroxylation sites is 1. The molecule has 1 aromatic heterocycles. The molecule has 6 aromatic carbocycles. The third kappa shape index (κ3) is 4.70. The second-order valence-electron chi connectivity index (χ2n) is 16.8. The number of aromatic nitrogens is 1. The van der Waals surface area contributed by atoms with E-state index in [2.05, 4.69) is 207 Å². The Morgan fingerprint density at radius 3 is 2.20 bits per heavy atom. The van der Waals surface area contributed by atoms with E-state index < -0.39 is 0 Å². The summed E-state index contributed by atoms with van der Waals surface area (Å²) in [5.74, 6) is 1.29. The fraction of sp³-hybridized carbons (Fsp3) is 0.170. The van der Waals surface area contributed by atoms with Crippen molar-refractivity contribution in [2.45, 2.75) is 51.0 Å². The molecule has 3 nitrogen and oxygen atoms in total. The quantitative estimate of drug-likeness (QED) is 0.176. The van der Waals surface area contributed by atoms with Crippen molar-refractivity contribution in [3.8, 4) is 22.6 Å². The second kappa shape index (κ2) is 12.1. The molecule has 3 aliphatic carbocycles. The van der Waals surface area contributed by atoms with Crippen molar-refractivity contribution in [3.05, 3.63) is 198 Å². The number of anilines is 2. The van der Waals surface area contributed by atoms with Crippen LogP contribution >= 0.6 is 0 Å². The van der Waals surface area contributed by atoms with E-state index in [-0.39, 0.29) is 16.9 Å². The fourth-order valence-electron chi connectivity index (χ4n) is 10.2. The van der Waals surface area contributed by atoms with Gasteiger partial charge in [-0.2, -0.15) is 0 Å². The monoisotopic (exact) mass is 724 g/mol. The lowest BCUT2D eigenvalue weighted by molar-refractivity contribution is 0.230. The molecule has 4 aliphatic rings. The third-order valence-electron chi connectivity index (χ3n) is 13.1. The molecule has 3 unspecified atom stereocenters. The highest BCUT2D eigenvalue weighted by Crippen LogP contribution is 2.55. The summed E-state index contributed by atoms with van der Waals surface area (Å²) >= 11 is 0. The van der Waals surface area contributed by atoms with Crippen molar-refractivity contribution >= 4 is 38.8 Å². The summed E-state index contributed by atoms with van der Waals surface area (Å²) in [5, 5.41) is 2.37. The largest absolute Gasteiger partial charge is 0.484 e. The molecule has 0 fully saturated rings. The third-order valence-corrected chi connectivity index (χ3v) is 13.1. The van der Waals surface area contributed by atoms with Gasteiger partial charge in [-0.25, -0.2) is 0 Å². The van der Waals surface area contributed by atoms with E-state index in [1.807, 2.05) is 0 Å². The predicted molar refractivity (Wildman–Crippen MR) is 233 cm³/mol. The SMILES string of the molecule is CC1CC2=C(C=C1N(c1ccc(-c3ccccc3)cc1)c1ccc3c4c5c(ccc4n(-c4ccccc4)c3c1)C1(C)C=CC=CC1O5)C(C)(C)c1ccccc12. The molecule has 0 saturated carbocycles. The number of benzene rings is 6. The second-order valence-corrected chi connectivity index (χ2v) is 16.8. The topological polar surface area (TPSA) is 17.4 Å². The molecule has 0 N–H and O–H groups in total. The van der Waals surface area contributed by atoms with Crippen LogP contribution in [-0.2, 0) is 10.8 Å². The maximum Gasteiger partial charge on any atom is 0.134 e. The van der Waals surface area contributed by atoms with Gasteiger partial charge < -0.3 is 14.2 Å². The average Bonchev–Trinajstić information content (AvgIpc) is 3.81. The number of hydrogen-bond acceptors (Lipinski definition) is 2. The number of nitrogens with zero attached hydrogens (tertiary/aromatic N) is 2. The Morgan fingerprint density at radius 1 is 0.679 bits per heavy atom. The Kier molecular flexibility index (Phi) is 7.14. The molecular weight excluding hydrogens is 681 g/mol. The molecule has 0 amide bonds. The number of hydrogen-bond donors (Lipinski definition) is 0. The Morgan fingerprint density at radius 2 is 1.39 bits per heavy atom. The van der Waals surface area contributed by atoms with Gasteiger partial charge in [-0.05, 0) is 107 Å². The van der Waals surface area contributed by atoms with E-state index in [0.717, 1.165) is 40.3 Å². The average molecular weight is 725 g/mol. The van der Waals surface area contributed by atoms with Crippen LogP contribution in [0.2, 0.25) is 0 Å². The molecule has 272 valence electrons. The highest BCUT2D eigenvalue weighted by Gasteiger charge is 2.45. The summed E-state index contributed by atoms with van der Waals surface area (Å²) in [6.07, 6.45) is 12.3. The molecule has 2 heterocycles. The highest BCUT2D eigenvalue weighted by molar-refractivity contribution is 6.14. The van der Waals surface area contributed by atoms with Crippen LogP contribution < -0.4 is 9.64 Å². The minimum Gasteiger partial charge on any atom is -0.484 e. The van der Waals surface area contributed by atoms with Gasteiger partial charge in [0.1, 0.15) is 11.9 Å². The zero-order valence-corrected chi connectivity index (χ0v) is 32.3. The van der Waals surface area contributed by atoms with E-state index in [9.17, 15) is 0 Å². The molecule has 0 spiro atoms. The van der Waals surface area contributed by atoms with Gasteiger partial charge in [-0.1, -0.05) is 130 Å². The number of rotatable bonds is 5. The van der Waals surface area contributed by atoms with Crippen molar-refractivity contribution in [2.75, 3.05) is 4.90 Å². The van der Waals surface area contributed by atoms with Gasteiger partial charge in [0.05, 0.1) is 21.8 Å². The molecule has 0 bridgehead atoms. The first-order valence-corrected chi connectivity index (χ1v) is 20.0. The van der Waals surface area contributed by atoms with Crippen LogP contribution in [0, 0.1) is 5.92 Å². The van der Waals surface area contributed by atoms with Crippen molar-refractivity contribution in [1.29, 1.82) is 0 Å². The number of fused-ring (bicyclic) bond motifs is 9. The molecule has 1 aliphatic heterocycles. The Labute approximate surface area is 329 Å². The highest BCUT2D eigenvalue weighted by atomic mass is 16.5. The lowest BCUT2D eigenvalue weighted by Crippen LogP contribution is -2.32. The minimum absolute atomic E-state index is 0.0262. The van der Waals surface area contributed by atoms with Crippen LogP contribution in [0.15, 0.2) is 181 Å². The van der Waals surface area contributed by atoms with Gasteiger partial charge in [0.2, 0.25) is 0 Å². The van der Waals surface area contributed by atoms with Gasteiger partial charge in [-0.3, -0.25) is 0 Å². The standard InChI is InChI=1S/C53H44N2O/c1-34-31-42-40-19-11-12-20-43(40)52(2,3)45(42)33-47(34)54(38-24-22-36(23-25-38)35-15-7-5-8-16-35)39-26-27-41-48(32-39)55(37-17-9-6-10-18-37)46-29-28-44-51(50(41)46)56-49-21-13-14-30-53(44,49)4/h5-30,32-34,49H,31H2,1-4H3.